The van der Waals surface area contributed by atoms with Crippen LogP contribution in [0.15, 0.2) is 18.2 Å². The Labute approximate surface area is 150 Å². The van der Waals surface area contributed by atoms with E-state index in [0.29, 0.717) is 30.4 Å². The standard InChI is InChI=1S/C20H30N2O3/c1-4-25-18-8-5-15(11-19(18)24-3)12-21-17-9-10-22(13-14(17)2)20(23)16-6-7-16/h5,8,11,14,16-17,21H,4,6-7,9-10,12-13H2,1-3H3/t14-,17+/m0/s1. The molecule has 5 nitrogen and oxygen atoms in total. The van der Waals surface area contributed by atoms with Gasteiger partial charge in [-0.1, -0.05) is 13.0 Å². The molecule has 1 aliphatic carbocycles. The quantitative estimate of drug-likeness (QED) is 0.825. The Morgan fingerprint density at radius 3 is 2.72 bits per heavy atom. The summed E-state index contributed by atoms with van der Waals surface area (Å²) in [5, 5.41) is 3.66. The first-order chi connectivity index (χ1) is 12.1. The molecule has 0 radical (unpaired) electrons. The van der Waals surface area contributed by atoms with Gasteiger partial charge in [-0.15, -0.1) is 0 Å². The van der Waals surface area contributed by atoms with Gasteiger partial charge in [0, 0.05) is 31.6 Å². The van der Waals surface area contributed by atoms with Gasteiger partial charge in [-0.25, -0.2) is 0 Å². The molecule has 1 saturated carbocycles. The maximum atomic E-state index is 12.2. The minimum atomic E-state index is 0.327. The first-order valence-electron chi connectivity index (χ1n) is 9.44. The summed E-state index contributed by atoms with van der Waals surface area (Å²) >= 11 is 0. The summed E-state index contributed by atoms with van der Waals surface area (Å²) in [7, 11) is 1.67. The first kappa shape index (κ1) is 18.1. The van der Waals surface area contributed by atoms with E-state index in [0.717, 1.165) is 50.4 Å². The number of nitrogens with zero attached hydrogens (tertiary/aromatic N) is 1. The van der Waals surface area contributed by atoms with E-state index in [2.05, 4.69) is 23.2 Å². The van der Waals surface area contributed by atoms with E-state index < -0.39 is 0 Å². The molecule has 138 valence electrons. The van der Waals surface area contributed by atoms with Crippen LogP contribution in [0.5, 0.6) is 11.5 Å². The highest BCUT2D eigenvalue weighted by Crippen LogP contribution is 2.32. The molecule has 1 aromatic rings. The normalized spacial score (nSPS) is 23.4. The van der Waals surface area contributed by atoms with E-state index in [9.17, 15) is 4.79 Å². The molecular formula is C20H30N2O3. The van der Waals surface area contributed by atoms with Gasteiger partial charge >= 0.3 is 0 Å². The smallest absolute Gasteiger partial charge is 0.225 e. The summed E-state index contributed by atoms with van der Waals surface area (Å²) in [6.07, 6.45) is 3.20. The number of nitrogens with one attached hydrogen (secondary N) is 1. The Morgan fingerprint density at radius 1 is 1.28 bits per heavy atom. The third-order valence-electron chi connectivity index (χ3n) is 5.24. The molecular weight excluding hydrogens is 316 g/mol. The predicted octanol–water partition coefficient (Wildman–Crippen LogP) is 2.83. The fourth-order valence-corrected chi connectivity index (χ4v) is 3.58. The second-order valence-electron chi connectivity index (χ2n) is 7.23. The van der Waals surface area contributed by atoms with Gasteiger partial charge < -0.3 is 19.7 Å². The van der Waals surface area contributed by atoms with E-state index >= 15 is 0 Å². The molecule has 0 spiro atoms. The summed E-state index contributed by atoms with van der Waals surface area (Å²) in [4.78, 5) is 14.3. The van der Waals surface area contributed by atoms with Gasteiger partial charge in [0.1, 0.15) is 0 Å². The summed E-state index contributed by atoms with van der Waals surface area (Å²) < 4.78 is 11.0. The van der Waals surface area contributed by atoms with Gasteiger partial charge in [0.2, 0.25) is 5.91 Å². The van der Waals surface area contributed by atoms with Crippen LogP contribution in [0.2, 0.25) is 0 Å². The van der Waals surface area contributed by atoms with Gasteiger partial charge in [0.25, 0.3) is 0 Å². The number of rotatable bonds is 7. The van der Waals surface area contributed by atoms with Gasteiger partial charge in [-0.2, -0.15) is 0 Å². The maximum absolute atomic E-state index is 12.2. The Hall–Kier alpha value is -1.75. The van der Waals surface area contributed by atoms with E-state index in [4.69, 9.17) is 9.47 Å². The van der Waals surface area contributed by atoms with Crippen LogP contribution in [0.4, 0.5) is 0 Å². The molecule has 1 aromatic carbocycles. The molecule has 1 heterocycles. The van der Waals surface area contributed by atoms with Crippen LogP contribution in [0.3, 0.4) is 0 Å². The number of likely N-dealkylation sites (tertiary alicyclic amines) is 1. The lowest BCUT2D eigenvalue weighted by atomic mass is 9.93. The zero-order valence-corrected chi connectivity index (χ0v) is 15.6. The van der Waals surface area contributed by atoms with Gasteiger partial charge in [0.05, 0.1) is 13.7 Å². The number of methoxy groups -OCH3 is 1. The lowest BCUT2D eigenvalue weighted by molar-refractivity contribution is -0.134. The molecule has 3 rings (SSSR count). The lowest BCUT2D eigenvalue weighted by Gasteiger charge is -2.37. The fourth-order valence-electron chi connectivity index (χ4n) is 3.58. The molecule has 5 heteroatoms. The van der Waals surface area contributed by atoms with Crippen LogP contribution in [0.1, 0.15) is 38.7 Å². The van der Waals surface area contributed by atoms with Crippen LogP contribution < -0.4 is 14.8 Å². The molecule has 1 N–H and O–H groups in total. The van der Waals surface area contributed by atoms with Crippen molar-refractivity contribution in [3.8, 4) is 11.5 Å². The highest BCUT2D eigenvalue weighted by Gasteiger charge is 2.36. The number of carbonyl (C=O) groups is 1. The first-order valence-corrected chi connectivity index (χ1v) is 9.44. The van der Waals surface area contributed by atoms with Crippen molar-refractivity contribution in [1.29, 1.82) is 0 Å². The molecule has 0 aromatic heterocycles. The lowest BCUT2D eigenvalue weighted by Crippen LogP contribution is -2.50. The second-order valence-corrected chi connectivity index (χ2v) is 7.23. The molecule has 1 saturated heterocycles. The number of hydrogen-bond acceptors (Lipinski definition) is 4. The summed E-state index contributed by atoms with van der Waals surface area (Å²) in [5.74, 6) is 2.74. The van der Waals surface area contributed by atoms with E-state index in [-0.39, 0.29) is 0 Å². The number of hydrogen-bond donors (Lipinski definition) is 1. The SMILES string of the molecule is CCOc1ccc(CN[C@@H]2CCN(C(=O)C3CC3)C[C@@H]2C)cc1OC. The molecule has 0 bridgehead atoms. The van der Waals surface area contributed by atoms with Crippen molar-refractivity contribution in [2.45, 2.75) is 45.7 Å². The van der Waals surface area contributed by atoms with E-state index in [1.54, 1.807) is 7.11 Å². The average molecular weight is 346 g/mol. The third kappa shape index (κ3) is 4.46. The van der Waals surface area contributed by atoms with Crippen molar-refractivity contribution in [3.63, 3.8) is 0 Å². The Kier molecular flexibility index (Phi) is 5.84. The minimum Gasteiger partial charge on any atom is -0.493 e. The zero-order chi connectivity index (χ0) is 17.8. The second kappa shape index (κ2) is 8.09. The number of benzene rings is 1. The van der Waals surface area contributed by atoms with Gasteiger partial charge in [0.15, 0.2) is 11.5 Å². The maximum Gasteiger partial charge on any atom is 0.225 e. The van der Waals surface area contributed by atoms with Crippen LogP contribution in [-0.2, 0) is 11.3 Å². The Balaban J connectivity index is 1.52. The monoisotopic (exact) mass is 346 g/mol. The Bertz CT molecular complexity index is 601. The molecule has 2 atom stereocenters. The van der Waals surface area contributed by atoms with Crippen molar-refractivity contribution in [2.24, 2.45) is 11.8 Å². The summed E-state index contributed by atoms with van der Waals surface area (Å²) in [6.45, 7) is 7.39. The summed E-state index contributed by atoms with van der Waals surface area (Å²) in [5.41, 5.74) is 1.18. The van der Waals surface area contributed by atoms with Crippen molar-refractivity contribution in [2.75, 3.05) is 26.8 Å². The fraction of sp³-hybridized carbons (Fsp3) is 0.650. The zero-order valence-electron chi connectivity index (χ0n) is 15.6. The molecule has 1 aliphatic heterocycles. The molecule has 0 unspecified atom stereocenters. The highest BCUT2D eigenvalue weighted by molar-refractivity contribution is 5.81. The number of ether oxygens (including phenoxy) is 2. The Morgan fingerprint density at radius 2 is 2.08 bits per heavy atom. The highest BCUT2D eigenvalue weighted by atomic mass is 16.5. The molecule has 25 heavy (non-hydrogen) atoms. The van der Waals surface area contributed by atoms with Crippen LogP contribution in [0, 0.1) is 11.8 Å². The van der Waals surface area contributed by atoms with Crippen LogP contribution in [0.25, 0.3) is 0 Å². The minimum absolute atomic E-state index is 0.327. The number of carbonyl (C=O) groups excluding carboxylic acids is 1. The van der Waals surface area contributed by atoms with Gasteiger partial charge in [-0.3, -0.25) is 4.79 Å². The van der Waals surface area contributed by atoms with Gasteiger partial charge in [-0.05, 0) is 49.8 Å². The average Bonchev–Trinajstić information content (AvgIpc) is 3.46. The van der Waals surface area contributed by atoms with E-state index in [1.165, 1.54) is 5.56 Å². The topological polar surface area (TPSA) is 50.8 Å². The predicted molar refractivity (Wildman–Crippen MR) is 97.9 cm³/mol. The number of amides is 1. The van der Waals surface area contributed by atoms with Crippen molar-refractivity contribution in [3.05, 3.63) is 23.8 Å². The van der Waals surface area contributed by atoms with Crippen molar-refractivity contribution < 1.29 is 14.3 Å². The molecule has 2 aliphatic rings. The van der Waals surface area contributed by atoms with E-state index in [1.807, 2.05) is 19.1 Å². The third-order valence-corrected chi connectivity index (χ3v) is 5.24. The van der Waals surface area contributed by atoms with Crippen molar-refractivity contribution >= 4 is 5.91 Å². The van der Waals surface area contributed by atoms with Crippen LogP contribution >= 0.6 is 0 Å². The van der Waals surface area contributed by atoms with Crippen molar-refractivity contribution in [1.82, 2.24) is 10.2 Å². The molecule has 1 amide bonds. The van der Waals surface area contributed by atoms with Crippen LogP contribution in [-0.4, -0.2) is 43.7 Å². The summed E-state index contributed by atoms with van der Waals surface area (Å²) in [6, 6.07) is 6.53. The molecule has 2 fully saturated rings. The largest absolute Gasteiger partial charge is 0.493 e. The number of piperidine rings is 1.